The van der Waals surface area contributed by atoms with Gasteiger partial charge < -0.3 is 39.4 Å². The second kappa shape index (κ2) is 45.3. The molecule has 9 heteroatoms. The molecule has 1 rings (SSSR count). The molecule has 1 aliphatic heterocycles. The summed E-state index contributed by atoms with van der Waals surface area (Å²) in [6.07, 6.45) is 55.8. The molecule has 0 aliphatic carbocycles. The SMILES string of the molecule is CC/C=C\C/C=C\C/C=C\C/C=C\C/C=C\CCCCCCCCCCCCOCC(COC1OC(CO)C(O)C(O)C1O)OC(=O)CCCCCCC/C=C\C/C=C\C/C=C\CC. The Morgan fingerprint density at radius 3 is 1.36 bits per heavy atom. The number of aliphatic hydroxyl groups excluding tert-OH is 4. The molecule has 0 aromatic rings. The molecule has 366 valence electrons. The molecule has 0 spiro atoms. The van der Waals surface area contributed by atoms with Crippen molar-refractivity contribution >= 4 is 5.97 Å². The summed E-state index contributed by atoms with van der Waals surface area (Å²) in [5, 5.41) is 40.2. The average Bonchev–Trinajstić information content (AvgIpc) is 3.30. The van der Waals surface area contributed by atoms with Gasteiger partial charge in [-0.25, -0.2) is 0 Å². The fourth-order valence-electron chi connectivity index (χ4n) is 7.12. The highest BCUT2D eigenvalue weighted by Gasteiger charge is 2.44. The van der Waals surface area contributed by atoms with Gasteiger partial charge in [0.25, 0.3) is 0 Å². The van der Waals surface area contributed by atoms with Crippen LogP contribution in [0.15, 0.2) is 97.2 Å². The second-order valence-corrected chi connectivity index (χ2v) is 16.8. The van der Waals surface area contributed by atoms with E-state index in [1.165, 1.54) is 51.4 Å². The van der Waals surface area contributed by atoms with Crippen molar-refractivity contribution in [2.75, 3.05) is 26.4 Å². The minimum Gasteiger partial charge on any atom is -0.457 e. The van der Waals surface area contributed by atoms with Crippen molar-refractivity contribution in [1.29, 1.82) is 0 Å². The maximum absolute atomic E-state index is 12.8. The summed E-state index contributed by atoms with van der Waals surface area (Å²) in [6.45, 7) is 4.29. The fourth-order valence-corrected chi connectivity index (χ4v) is 7.12. The Morgan fingerprint density at radius 1 is 0.500 bits per heavy atom. The number of unbranched alkanes of at least 4 members (excludes halogenated alkanes) is 15. The minimum atomic E-state index is -1.55. The van der Waals surface area contributed by atoms with Gasteiger partial charge in [-0.05, 0) is 89.9 Å². The van der Waals surface area contributed by atoms with Crippen molar-refractivity contribution in [3.05, 3.63) is 97.2 Å². The van der Waals surface area contributed by atoms with Gasteiger partial charge in [-0.1, -0.05) is 182 Å². The Hall–Kier alpha value is -2.89. The smallest absolute Gasteiger partial charge is 0.306 e. The summed E-state index contributed by atoms with van der Waals surface area (Å²) >= 11 is 0. The van der Waals surface area contributed by atoms with Crippen molar-refractivity contribution in [3.63, 3.8) is 0 Å². The maximum atomic E-state index is 12.8. The number of carbonyl (C=O) groups excluding carboxylic acids is 1. The Balaban J connectivity index is 2.20. The van der Waals surface area contributed by atoms with E-state index in [9.17, 15) is 25.2 Å². The first kappa shape index (κ1) is 59.1. The van der Waals surface area contributed by atoms with Crippen LogP contribution < -0.4 is 0 Å². The highest BCUT2D eigenvalue weighted by molar-refractivity contribution is 5.69. The molecule has 6 unspecified atom stereocenters. The van der Waals surface area contributed by atoms with Crippen molar-refractivity contribution in [2.24, 2.45) is 0 Å². The van der Waals surface area contributed by atoms with Crippen LogP contribution in [0.3, 0.4) is 0 Å². The van der Waals surface area contributed by atoms with Gasteiger partial charge in [0.05, 0.1) is 19.8 Å². The third kappa shape index (κ3) is 35.4. The molecule has 1 aliphatic rings. The molecule has 0 bridgehead atoms. The standard InChI is InChI=1S/C55H92O9/c1-3-5-7-9-11-13-15-17-19-20-21-22-23-24-25-26-27-28-29-31-33-35-37-39-41-43-45-61-47-49(48-62-55-54(60)53(59)52(58)50(46-56)64-55)63-51(57)44-42-40-38-36-34-32-30-18-16-14-12-10-8-6-4-2/h5-8,11-14,17-19,21-22,24-25,30,49-50,52-56,58-60H,3-4,9-10,15-16,20,23,26-29,31-48H2,1-2H3/b7-5-,8-6-,13-11-,14-12-,19-17-,22-21-,25-24-,30-18-. The molecule has 1 heterocycles. The lowest BCUT2D eigenvalue weighted by molar-refractivity contribution is -0.305. The number of ether oxygens (including phenoxy) is 4. The number of rotatable bonds is 42. The Morgan fingerprint density at radius 2 is 0.906 bits per heavy atom. The fraction of sp³-hybridized carbons (Fsp3) is 0.691. The van der Waals surface area contributed by atoms with Gasteiger partial charge in [0, 0.05) is 13.0 Å². The lowest BCUT2D eigenvalue weighted by atomic mass is 9.99. The molecule has 0 aromatic carbocycles. The van der Waals surface area contributed by atoms with Gasteiger partial charge in [-0.3, -0.25) is 4.79 Å². The van der Waals surface area contributed by atoms with Crippen LogP contribution in [-0.4, -0.2) is 89.6 Å². The van der Waals surface area contributed by atoms with Gasteiger partial charge in [-0.15, -0.1) is 0 Å². The van der Waals surface area contributed by atoms with Crippen LogP contribution in [0, 0.1) is 0 Å². The van der Waals surface area contributed by atoms with Gasteiger partial charge in [0.2, 0.25) is 0 Å². The quantitative estimate of drug-likeness (QED) is 0.0268. The number of esters is 1. The highest BCUT2D eigenvalue weighted by Crippen LogP contribution is 2.22. The van der Waals surface area contributed by atoms with E-state index in [4.69, 9.17) is 18.9 Å². The summed E-state index contributed by atoms with van der Waals surface area (Å²) in [6, 6.07) is 0. The first-order valence-electron chi connectivity index (χ1n) is 25.3. The lowest BCUT2D eigenvalue weighted by Crippen LogP contribution is -2.59. The van der Waals surface area contributed by atoms with Crippen LogP contribution in [0.1, 0.15) is 181 Å². The summed E-state index contributed by atoms with van der Waals surface area (Å²) in [5.74, 6) is -0.336. The third-order valence-electron chi connectivity index (χ3n) is 11.0. The molecule has 0 aromatic heterocycles. The van der Waals surface area contributed by atoms with Crippen molar-refractivity contribution in [3.8, 4) is 0 Å². The van der Waals surface area contributed by atoms with Gasteiger partial charge in [0.1, 0.15) is 30.5 Å². The molecular weight excluding hydrogens is 805 g/mol. The van der Waals surface area contributed by atoms with Crippen molar-refractivity contribution in [1.82, 2.24) is 0 Å². The normalized spacial score (nSPS) is 20.4. The molecule has 9 nitrogen and oxygen atoms in total. The highest BCUT2D eigenvalue weighted by atomic mass is 16.7. The predicted octanol–water partition coefficient (Wildman–Crippen LogP) is 12.4. The number of allylic oxidation sites excluding steroid dienone is 16. The third-order valence-corrected chi connectivity index (χ3v) is 11.0. The molecular formula is C55H92O9. The zero-order chi connectivity index (χ0) is 46.4. The van der Waals surface area contributed by atoms with E-state index in [2.05, 4.69) is 111 Å². The Bertz CT molecular complexity index is 1300. The molecule has 0 radical (unpaired) electrons. The number of carbonyl (C=O) groups is 1. The first-order chi connectivity index (χ1) is 31.4. The molecule has 1 fully saturated rings. The van der Waals surface area contributed by atoms with E-state index >= 15 is 0 Å². The van der Waals surface area contributed by atoms with Gasteiger partial charge in [0.15, 0.2) is 6.29 Å². The minimum absolute atomic E-state index is 0.128. The van der Waals surface area contributed by atoms with Gasteiger partial charge in [-0.2, -0.15) is 0 Å². The van der Waals surface area contributed by atoms with Crippen molar-refractivity contribution < 1.29 is 44.2 Å². The molecule has 0 saturated carbocycles. The van der Waals surface area contributed by atoms with E-state index in [-0.39, 0.29) is 19.2 Å². The summed E-state index contributed by atoms with van der Waals surface area (Å²) < 4.78 is 22.9. The molecule has 64 heavy (non-hydrogen) atoms. The monoisotopic (exact) mass is 897 g/mol. The predicted molar refractivity (Wildman–Crippen MR) is 265 cm³/mol. The number of hydrogen-bond donors (Lipinski definition) is 4. The maximum Gasteiger partial charge on any atom is 0.306 e. The number of aliphatic hydroxyl groups is 4. The van der Waals surface area contributed by atoms with Crippen molar-refractivity contribution in [2.45, 2.75) is 218 Å². The van der Waals surface area contributed by atoms with Gasteiger partial charge >= 0.3 is 5.97 Å². The van der Waals surface area contributed by atoms with E-state index in [1.54, 1.807) is 0 Å². The average molecular weight is 897 g/mol. The number of hydrogen-bond acceptors (Lipinski definition) is 9. The Labute approximate surface area is 390 Å². The topological polar surface area (TPSA) is 135 Å². The van der Waals surface area contributed by atoms with Crippen LogP contribution >= 0.6 is 0 Å². The Kier molecular flexibility index (Phi) is 41.8. The summed E-state index contributed by atoms with van der Waals surface area (Å²) in [7, 11) is 0. The van der Waals surface area contributed by atoms with Crippen LogP contribution in [0.2, 0.25) is 0 Å². The van der Waals surface area contributed by atoms with Crippen LogP contribution in [0.5, 0.6) is 0 Å². The zero-order valence-electron chi connectivity index (χ0n) is 40.2. The zero-order valence-corrected chi connectivity index (χ0v) is 40.2. The summed E-state index contributed by atoms with van der Waals surface area (Å²) in [5.41, 5.74) is 0. The molecule has 4 N–H and O–H groups in total. The molecule has 6 atom stereocenters. The molecule has 1 saturated heterocycles. The van der Waals surface area contributed by atoms with Crippen LogP contribution in [0.4, 0.5) is 0 Å². The van der Waals surface area contributed by atoms with E-state index in [0.29, 0.717) is 13.0 Å². The lowest BCUT2D eigenvalue weighted by Gasteiger charge is -2.39. The van der Waals surface area contributed by atoms with Crippen LogP contribution in [0.25, 0.3) is 0 Å². The van der Waals surface area contributed by atoms with E-state index in [0.717, 1.165) is 109 Å². The first-order valence-corrected chi connectivity index (χ1v) is 25.3. The van der Waals surface area contributed by atoms with E-state index < -0.39 is 43.4 Å². The largest absolute Gasteiger partial charge is 0.457 e. The summed E-state index contributed by atoms with van der Waals surface area (Å²) in [4.78, 5) is 12.8. The van der Waals surface area contributed by atoms with Crippen LogP contribution in [-0.2, 0) is 23.7 Å². The molecule has 0 amide bonds. The van der Waals surface area contributed by atoms with E-state index in [1.807, 2.05) is 0 Å². The second-order valence-electron chi connectivity index (χ2n) is 16.8.